The second-order valence-electron chi connectivity index (χ2n) is 3.04. The highest BCUT2D eigenvalue weighted by Crippen LogP contribution is 2.30. The zero-order chi connectivity index (χ0) is 12.1. The van der Waals surface area contributed by atoms with Gasteiger partial charge in [0.25, 0.3) is 0 Å². The number of ether oxygens (including phenoxy) is 1. The average molecular weight is 264 g/mol. The molecular formula is C10H11Cl2NO3. The Bertz CT molecular complexity index is 364. The van der Waals surface area contributed by atoms with Crippen LogP contribution in [0.3, 0.4) is 0 Å². The number of rotatable bonds is 4. The number of carbonyl (C=O) groups is 1. The Morgan fingerprint density at radius 1 is 1.50 bits per heavy atom. The number of aliphatic hydroxyl groups is 1. The lowest BCUT2D eigenvalue weighted by molar-refractivity contribution is -0.145. The molecule has 1 heterocycles. The van der Waals surface area contributed by atoms with Gasteiger partial charge in [0.15, 0.2) is 0 Å². The van der Waals surface area contributed by atoms with Gasteiger partial charge in [-0.15, -0.1) is 0 Å². The summed E-state index contributed by atoms with van der Waals surface area (Å²) in [6, 6.07) is 0. The largest absolute Gasteiger partial charge is 0.466 e. The van der Waals surface area contributed by atoms with E-state index in [4.69, 9.17) is 27.9 Å². The van der Waals surface area contributed by atoms with Gasteiger partial charge in [-0.2, -0.15) is 0 Å². The molecular weight excluding hydrogens is 253 g/mol. The second kappa shape index (κ2) is 6.03. The molecule has 1 N–H and O–H groups in total. The Hall–Kier alpha value is -0.840. The van der Waals surface area contributed by atoms with E-state index in [1.54, 1.807) is 6.92 Å². The summed E-state index contributed by atoms with van der Waals surface area (Å²) in [6.07, 6.45) is 1.45. The molecule has 0 spiro atoms. The van der Waals surface area contributed by atoms with Crippen LogP contribution in [0.1, 0.15) is 25.0 Å². The minimum absolute atomic E-state index is 0.183. The van der Waals surface area contributed by atoms with Crippen molar-refractivity contribution in [2.45, 2.75) is 19.4 Å². The summed E-state index contributed by atoms with van der Waals surface area (Å²) < 4.78 is 4.71. The zero-order valence-electron chi connectivity index (χ0n) is 8.61. The quantitative estimate of drug-likeness (QED) is 0.848. The number of carbonyl (C=O) groups excluding carboxylic acids is 1. The molecule has 1 aromatic rings. The molecule has 88 valence electrons. The first-order valence-corrected chi connectivity index (χ1v) is 5.44. The molecule has 1 atom stereocenters. The molecule has 0 saturated carbocycles. The summed E-state index contributed by atoms with van der Waals surface area (Å²) >= 11 is 11.7. The third kappa shape index (κ3) is 3.33. The monoisotopic (exact) mass is 263 g/mol. The maximum absolute atomic E-state index is 11.2. The van der Waals surface area contributed by atoms with Gasteiger partial charge in [-0.3, -0.25) is 9.78 Å². The third-order valence-corrected chi connectivity index (χ3v) is 2.49. The molecule has 0 aliphatic rings. The number of esters is 1. The predicted molar refractivity (Wildman–Crippen MR) is 60.5 cm³/mol. The van der Waals surface area contributed by atoms with Gasteiger partial charge in [-0.1, -0.05) is 23.2 Å². The van der Waals surface area contributed by atoms with Crippen molar-refractivity contribution in [1.29, 1.82) is 0 Å². The molecule has 1 unspecified atom stereocenters. The van der Waals surface area contributed by atoms with Crippen molar-refractivity contribution in [3.8, 4) is 0 Å². The number of nitrogens with zero attached hydrogens (tertiary/aromatic N) is 1. The van der Waals surface area contributed by atoms with Crippen molar-refractivity contribution in [2.24, 2.45) is 0 Å². The number of hydrogen-bond donors (Lipinski definition) is 1. The lowest BCUT2D eigenvalue weighted by Crippen LogP contribution is -2.11. The van der Waals surface area contributed by atoms with Crippen LogP contribution in [-0.4, -0.2) is 22.7 Å². The van der Waals surface area contributed by atoms with Gasteiger partial charge in [0.2, 0.25) is 0 Å². The fourth-order valence-corrected chi connectivity index (χ4v) is 1.84. The summed E-state index contributed by atoms with van der Waals surface area (Å²) in [5.74, 6) is -0.501. The molecule has 1 aromatic heterocycles. The second-order valence-corrected chi connectivity index (χ2v) is 3.86. The Kier molecular flexibility index (Phi) is 4.99. The lowest BCUT2D eigenvalue weighted by atomic mass is 10.1. The maximum Gasteiger partial charge on any atom is 0.308 e. The van der Waals surface area contributed by atoms with Crippen LogP contribution in [0.15, 0.2) is 12.4 Å². The number of aliphatic hydroxyl groups excluding tert-OH is 1. The van der Waals surface area contributed by atoms with Gasteiger partial charge in [-0.05, 0) is 6.92 Å². The Labute approximate surface area is 103 Å². The van der Waals surface area contributed by atoms with Crippen LogP contribution in [-0.2, 0) is 9.53 Å². The fraction of sp³-hybridized carbons (Fsp3) is 0.400. The minimum Gasteiger partial charge on any atom is -0.466 e. The molecule has 0 aromatic carbocycles. The highest BCUT2D eigenvalue weighted by molar-refractivity contribution is 6.35. The van der Waals surface area contributed by atoms with E-state index in [-0.39, 0.29) is 23.1 Å². The van der Waals surface area contributed by atoms with Crippen LogP contribution >= 0.6 is 23.2 Å². The summed E-state index contributed by atoms with van der Waals surface area (Å²) in [4.78, 5) is 14.9. The standard InChI is InChI=1S/C10H11Cl2NO3/c1-2-16-9(15)3-8(14)10-6(11)4-13-5-7(10)12/h4-5,8,14H,2-3H2,1H3. The summed E-state index contributed by atoms with van der Waals surface area (Å²) in [5.41, 5.74) is 0.298. The van der Waals surface area contributed by atoms with Crippen molar-refractivity contribution in [1.82, 2.24) is 4.98 Å². The van der Waals surface area contributed by atoms with Crippen molar-refractivity contribution in [3.05, 3.63) is 28.0 Å². The number of aromatic nitrogens is 1. The molecule has 0 aliphatic heterocycles. The van der Waals surface area contributed by atoms with Crippen LogP contribution in [0.25, 0.3) is 0 Å². The van der Waals surface area contributed by atoms with E-state index in [9.17, 15) is 9.90 Å². The van der Waals surface area contributed by atoms with Gasteiger partial charge in [0, 0.05) is 18.0 Å². The smallest absolute Gasteiger partial charge is 0.308 e. The Balaban J connectivity index is 2.80. The minimum atomic E-state index is -1.08. The van der Waals surface area contributed by atoms with E-state index in [2.05, 4.69) is 4.98 Å². The maximum atomic E-state index is 11.2. The molecule has 0 aliphatic carbocycles. The molecule has 0 radical (unpaired) electrons. The summed E-state index contributed by atoms with van der Waals surface area (Å²) in [7, 11) is 0. The number of halogens is 2. The van der Waals surface area contributed by atoms with Crippen molar-refractivity contribution >= 4 is 29.2 Å². The highest BCUT2D eigenvalue weighted by atomic mass is 35.5. The molecule has 4 nitrogen and oxygen atoms in total. The van der Waals surface area contributed by atoms with E-state index < -0.39 is 12.1 Å². The van der Waals surface area contributed by atoms with Crippen LogP contribution in [0.4, 0.5) is 0 Å². The van der Waals surface area contributed by atoms with E-state index in [1.165, 1.54) is 12.4 Å². The van der Waals surface area contributed by atoms with E-state index in [0.717, 1.165) is 0 Å². The molecule has 16 heavy (non-hydrogen) atoms. The Morgan fingerprint density at radius 2 is 2.06 bits per heavy atom. The predicted octanol–water partition coefficient (Wildman–Crippen LogP) is 2.38. The van der Waals surface area contributed by atoms with Crippen LogP contribution in [0, 0.1) is 0 Å². The molecule has 0 fully saturated rings. The van der Waals surface area contributed by atoms with E-state index >= 15 is 0 Å². The normalized spacial score (nSPS) is 12.2. The molecule has 0 saturated heterocycles. The van der Waals surface area contributed by atoms with Gasteiger partial charge < -0.3 is 9.84 Å². The fourth-order valence-electron chi connectivity index (χ4n) is 1.22. The molecule has 0 bridgehead atoms. The first-order chi connectivity index (χ1) is 7.56. The third-order valence-electron chi connectivity index (χ3n) is 1.89. The van der Waals surface area contributed by atoms with Crippen LogP contribution in [0.5, 0.6) is 0 Å². The summed E-state index contributed by atoms with van der Waals surface area (Å²) in [6.45, 7) is 1.96. The summed E-state index contributed by atoms with van der Waals surface area (Å²) in [5, 5.41) is 10.2. The van der Waals surface area contributed by atoms with Crippen molar-refractivity contribution in [2.75, 3.05) is 6.61 Å². The van der Waals surface area contributed by atoms with Gasteiger partial charge >= 0.3 is 5.97 Å². The average Bonchev–Trinajstić information content (AvgIpc) is 2.17. The topological polar surface area (TPSA) is 59.4 Å². The first kappa shape index (κ1) is 13.2. The lowest BCUT2D eigenvalue weighted by Gasteiger charge is -2.12. The van der Waals surface area contributed by atoms with Crippen molar-refractivity contribution < 1.29 is 14.6 Å². The molecule has 1 rings (SSSR count). The van der Waals surface area contributed by atoms with Gasteiger partial charge in [0.1, 0.15) is 0 Å². The highest BCUT2D eigenvalue weighted by Gasteiger charge is 2.19. The van der Waals surface area contributed by atoms with E-state index in [0.29, 0.717) is 5.56 Å². The Morgan fingerprint density at radius 3 is 2.56 bits per heavy atom. The number of pyridine rings is 1. The van der Waals surface area contributed by atoms with Crippen LogP contribution < -0.4 is 0 Å². The zero-order valence-corrected chi connectivity index (χ0v) is 10.1. The van der Waals surface area contributed by atoms with Gasteiger partial charge in [-0.25, -0.2) is 0 Å². The number of hydrogen-bond acceptors (Lipinski definition) is 4. The molecule has 0 amide bonds. The molecule has 6 heteroatoms. The van der Waals surface area contributed by atoms with E-state index in [1.807, 2.05) is 0 Å². The van der Waals surface area contributed by atoms with Crippen molar-refractivity contribution in [3.63, 3.8) is 0 Å². The van der Waals surface area contributed by atoms with Crippen LogP contribution in [0.2, 0.25) is 10.0 Å². The van der Waals surface area contributed by atoms with Gasteiger partial charge in [0.05, 0.1) is 29.2 Å². The first-order valence-electron chi connectivity index (χ1n) is 4.68. The SMILES string of the molecule is CCOC(=O)CC(O)c1c(Cl)cncc1Cl.